The van der Waals surface area contributed by atoms with Gasteiger partial charge in [0.25, 0.3) is 0 Å². The van der Waals surface area contributed by atoms with Gasteiger partial charge in [0, 0.05) is 16.4 Å². The van der Waals surface area contributed by atoms with E-state index in [-0.39, 0.29) is 6.61 Å². The Morgan fingerprint density at radius 3 is 2.85 bits per heavy atom. The van der Waals surface area contributed by atoms with Crippen LogP contribution < -0.4 is 5.73 Å². The second kappa shape index (κ2) is 5.86. The van der Waals surface area contributed by atoms with Crippen molar-refractivity contribution in [3.8, 4) is 0 Å². The Hall–Kier alpha value is -0.870. The largest absolute Gasteiger partial charge is 0.369 e. The first-order valence-corrected chi connectivity index (χ1v) is 9.44. The van der Waals surface area contributed by atoms with Crippen molar-refractivity contribution in [3.63, 3.8) is 0 Å². The number of amides is 1. The molecule has 0 saturated heterocycles. The van der Waals surface area contributed by atoms with Crippen LogP contribution in [0.15, 0.2) is 23.6 Å². The third-order valence-electron chi connectivity index (χ3n) is 2.98. The molecule has 0 spiro atoms. The Morgan fingerprint density at radius 2 is 2.25 bits per heavy atom. The molecular weight excluding hydrogens is 317 g/mol. The van der Waals surface area contributed by atoms with E-state index >= 15 is 0 Å². The van der Waals surface area contributed by atoms with Crippen LogP contribution in [0.1, 0.15) is 18.1 Å². The number of carbonyl (C=O) groups excluding carboxylic acids is 1. The summed E-state index contributed by atoms with van der Waals surface area (Å²) in [6.07, 6.45) is 0. The number of benzene rings is 1. The number of thiophene rings is 1. The maximum Gasteiger partial charge on any atom is 0.234 e. The van der Waals surface area contributed by atoms with Gasteiger partial charge < -0.3 is 10.3 Å². The lowest BCUT2D eigenvalue weighted by molar-refractivity contribution is -0.117. The lowest BCUT2D eigenvalue weighted by Crippen LogP contribution is -2.22. The minimum Gasteiger partial charge on any atom is -0.369 e. The molecule has 1 heterocycles. The van der Waals surface area contributed by atoms with E-state index in [9.17, 15) is 9.36 Å². The number of rotatable bonds is 5. The van der Waals surface area contributed by atoms with Crippen LogP contribution >= 0.6 is 30.3 Å². The van der Waals surface area contributed by atoms with Crippen LogP contribution in [-0.2, 0) is 13.9 Å². The van der Waals surface area contributed by atoms with Gasteiger partial charge in [-0.1, -0.05) is 11.6 Å². The third-order valence-corrected chi connectivity index (χ3v) is 6.44. The first-order chi connectivity index (χ1) is 9.36. The maximum absolute atomic E-state index is 12.6. The lowest BCUT2D eigenvalue weighted by Gasteiger charge is -2.21. The summed E-state index contributed by atoms with van der Waals surface area (Å²) in [6.45, 7) is 3.44. The Bertz CT molecular complexity index is 700. The Balaban J connectivity index is 2.61. The van der Waals surface area contributed by atoms with Gasteiger partial charge in [-0.3, -0.25) is 9.36 Å². The highest BCUT2D eigenvalue weighted by molar-refractivity contribution is 7.59. The number of hydrogen-bond donors (Lipinski definition) is 1. The first kappa shape index (κ1) is 15.5. The van der Waals surface area contributed by atoms with Gasteiger partial charge in [0.2, 0.25) is 13.3 Å². The highest BCUT2D eigenvalue weighted by atomic mass is 35.5. The van der Waals surface area contributed by atoms with Crippen LogP contribution in [0.3, 0.4) is 0 Å². The van der Waals surface area contributed by atoms with Gasteiger partial charge in [0.1, 0.15) is 5.66 Å². The van der Waals surface area contributed by atoms with E-state index in [4.69, 9.17) is 21.9 Å². The summed E-state index contributed by atoms with van der Waals surface area (Å²) in [7, 11) is -3.18. The van der Waals surface area contributed by atoms with Crippen molar-refractivity contribution in [2.24, 2.45) is 5.73 Å². The number of nitrogens with two attached hydrogens (primary N) is 1. The van der Waals surface area contributed by atoms with Gasteiger partial charge in [-0.2, -0.15) is 0 Å². The molecule has 0 aliphatic carbocycles. The van der Waals surface area contributed by atoms with Crippen molar-refractivity contribution in [2.45, 2.75) is 12.6 Å². The van der Waals surface area contributed by atoms with Crippen molar-refractivity contribution in [1.82, 2.24) is 0 Å². The van der Waals surface area contributed by atoms with E-state index in [0.29, 0.717) is 10.6 Å². The molecule has 0 saturated carbocycles. The molecule has 108 valence electrons. The van der Waals surface area contributed by atoms with Crippen LogP contribution in [0, 0.1) is 0 Å². The SMILES string of the molecule is CCO[P@](C)(=O)[C@@H](C(N)=O)c1csc2ccc(Cl)cc12. The van der Waals surface area contributed by atoms with Crippen LogP contribution in [0.4, 0.5) is 0 Å². The molecule has 0 fully saturated rings. The smallest absolute Gasteiger partial charge is 0.234 e. The van der Waals surface area contributed by atoms with E-state index in [1.165, 1.54) is 18.0 Å². The quantitative estimate of drug-likeness (QED) is 0.841. The molecular formula is C13H15ClNO3PS. The van der Waals surface area contributed by atoms with Crippen LogP contribution in [0.25, 0.3) is 10.1 Å². The number of primary amides is 1. The zero-order valence-electron chi connectivity index (χ0n) is 11.1. The molecule has 1 aromatic heterocycles. The summed E-state index contributed by atoms with van der Waals surface area (Å²) in [6, 6.07) is 5.40. The number of hydrogen-bond acceptors (Lipinski definition) is 4. The predicted octanol–water partition coefficient (Wildman–Crippen LogP) is 4.03. The molecule has 0 radical (unpaired) electrons. The van der Waals surface area contributed by atoms with Crippen molar-refractivity contribution < 1.29 is 13.9 Å². The zero-order valence-corrected chi connectivity index (χ0v) is 13.6. The van der Waals surface area contributed by atoms with E-state index in [1.807, 2.05) is 6.07 Å². The number of fused-ring (bicyclic) bond motifs is 1. The van der Waals surface area contributed by atoms with Crippen LogP contribution in [-0.4, -0.2) is 19.2 Å². The normalized spacial score (nSPS) is 15.9. The molecule has 2 atom stereocenters. The monoisotopic (exact) mass is 331 g/mol. The van der Waals surface area contributed by atoms with E-state index in [0.717, 1.165) is 10.1 Å². The van der Waals surface area contributed by atoms with Gasteiger partial charge in [-0.05, 0) is 41.5 Å². The molecule has 2 aromatic rings. The van der Waals surface area contributed by atoms with E-state index < -0.39 is 18.9 Å². The summed E-state index contributed by atoms with van der Waals surface area (Å²) < 4.78 is 18.9. The standard InChI is InChI=1S/C13H15ClNO3PS/c1-3-18-19(2,17)12(13(15)16)10-7-20-11-5-4-8(14)6-9(10)11/h4-7,12H,3H2,1-2H3,(H2,15,16)/t12-,19+/m1/s1. The average Bonchev–Trinajstić information content (AvgIpc) is 2.71. The average molecular weight is 332 g/mol. The van der Waals surface area contributed by atoms with Gasteiger partial charge in [-0.15, -0.1) is 11.3 Å². The fourth-order valence-electron chi connectivity index (χ4n) is 2.20. The zero-order chi connectivity index (χ0) is 14.9. The van der Waals surface area contributed by atoms with Gasteiger partial charge >= 0.3 is 0 Å². The molecule has 2 rings (SSSR count). The van der Waals surface area contributed by atoms with Crippen LogP contribution in [0.2, 0.25) is 5.02 Å². The van der Waals surface area contributed by atoms with Crippen LogP contribution in [0.5, 0.6) is 0 Å². The minimum atomic E-state index is -3.18. The molecule has 1 aromatic carbocycles. The van der Waals surface area contributed by atoms with E-state index in [1.54, 1.807) is 24.4 Å². The molecule has 2 N–H and O–H groups in total. The summed E-state index contributed by atoms with van der Waals surface area (Å²) in [5.41, 5.74) is 5.13. The molecule has 20 heavy (non-hydrogen) atoms. The lowest BCUT2D eigenvalue weighted by atomic mass is 10.1. The first-order valence-electron chi connectivity index (χ1n) is 6.04. The number of halogens is 1. The van der Waals surface area contributed by atoms with Gasteiger partial charge in [0.15, 0.2) is 0 Å². The molecule has 1 amide bonds. The van der Waals surface area contributed by atoms with Crippen molar-refractivity contribution in [2.75, 3.05) is 13.3 Å². The van der Waals surface area contributed by atoms with Gasteiger partial charge in [0.05, 0.1) is 6.61 Å². The number of carbonyl (C=O) groups is 1. The van der Waals surface area contributed by atoms with Gasteiger partial charge in [-0.25, -0.2) is 0 Å². The molecule has 0 unspecified atom stereocenters. The maximum atomic E-state index is 12.6. The second-order valence-electron chi connectivity index (χ2n) is 4.46. The molecule has 0 aliphatic rings. The predicted molar refractivity (Wildman–Crippen MR) is 83.9 cm³/mol. The Kier molecular flexibility index (Phi) is 4.55. The van der Waals surface area contributed by atoms with E-state index in [2.05, 4.69) is 0 Å². The molecule has 0 aliphatic heterocycles. The molecule has 7 heteroatoms. The van der Waals surface area contributed by atoms with Crippen molar-refractivity contribution in [1.29, 1.82) is 0 Å². The van der Waals surface area contributed by atoms with Crippen molar-refractivity contribution in [3.05, 3.63) is 34.2 Å². The third kappa shape index (κ3) is 2.91. The topological polar surface area (TPSA) is 69.4 Å². The minimum absolute atomic E-state index is 0.264. The summed E-state index contributed by atoms with van der Waals surface area (Å²) >= 11 is 7.45. The summed E-state index contributed by atoms with van der Waals surface area (Å²) in [4.78, 5) is 11.8. The Labute approximate surface area is 126 Å². The Morgan fingerprint density at radius 1 is 1.55 bits per heavy atom. The summed E-state index contributed by atoms with van der Waals surface area (Å²) in [5, 5.41) is 3.15. The van der Waals surface area contributed by atoms with Crippen molar-refractivity contribution >= 4 is 46.3 Å². The molecule has 0 bridgehead atoms. The molecule has 4 nitrogen and oxygen atoms in total. The fourth-order valence-corrected chi connectivity index (χ4v) is 5.28. The fraction of sp³-hybridized carbons (Fsp3) is 0.308. The summed E-state index contributed by atoms with van der Waals surface area (Å²) in [5.74, 6) is -0.649. The highest BCUT2D eigenvalue weighted by Crippen LogP contribution is 2.58. The second-order valence-corrected chi connectivity index (χ2v) is 8.40. The highest BCUT2D eigenvalue weighted by Gasteiger charge is 2.37.